The molecule has 0 spiro atoms. The lowest BCUT2D eigenvalue weighted by Crippen LogP contribution is -2.24. The highest BCUT2D eigenvalue weighted by Gasteiger charge is 2.14. The molecule has 0 atom stereocenters. The van der Waals surface area contributed by atoms with Crippen molar-refractivity contribution in [3.8, 4) is 0 Å². The molecule has 8 nitrogen and oxygen atoms in total. The van der Waals surface area contributed by atoms with Gasteiger partial charge in [-0.25, -0.2) is 9.97 Å². The molecule has 10 heteroatoms. The Morgan fingerprint density at radius 1 is 1.17 bits per heavy atom. The molecule has 152 valence electrons. The number of carbonyl (C=O) groups is 2. The second-order valence-electron chi connectivity index (χ2n) is 6.47. The summed E-state index contributed by atoms with van der Waals surface area (Å²) in [6.07, 6.45) is 6.82. The van der Waals surface area contributed by atoms with Gasteiger partial charge in [0.05, 0.1) is 35.2 Å². The fourth-order valence-electron chi connectivity index (χ4n) is 2.82. The van der Waals surface area contributed by atoms with Gasteiger partial charge >= 0.3 is 0 Å². The lowest BCUT2D eigenvalue weighted by Gasteiger charge is -2.03. The first-order valence-electron chi connectivity index (χ1n) is 9.13. The molecule has 0 aliphatic carbocycles. The first-order chi connectivity index (χ1) is 14.6. The average Bonchev–Trinajstić information content (AvgIpc) is 3.39. The fraction of sp³-hybridized carbons (Fsp3) is 0.200. The topological polar surface area (TPSA) is 103 Å². The van der Waals surface area contributed by atoms with Crippen molar-refractivity contribution in [2.24, 2.45) is 7.05 Å². The number of fused-ring (bicyclic) bond motifs is 1. The molecule has 0 aliphatic heterocycles. The van der Waals surface area contributed by atoms with E-state index in [1.165, 1.54) is 29.4 Å². The third-order valence-electron chi connectivity index (χ3n) is 4.34. The van der Waals surface area contributed by atoms with Gasteiger partial charge in [-0.2, -0.15) is 5.10 Å². The number of rotatable bonds is 8. The van der Waals surface area contributed by atoms with E-state index in [1.54, 1.807) is 29.3 Å². The summed E-state index contributed by atoms with van der Waals surface area (Å²) in [7, 11) is 1.82. The van der Waals surface area contributed by atoms with Gasteiger partial charge in [0.15, 0.2) is 11.4 Å². The number of aromatic nitrogens is 5. The molecule has 4 aromatic rings. The third-order valence-corrected chi connectivity index (χ3v) is 6.47. The standard InChI is InChI=1S/C20H18N6O2S2/c1-26-19-15(10-25-26)20(24-12-23-19)29-11-16(27)17-3-2-14(30-17)9-22-18(28)8-13-4-6-21-7-5-13/h2-7,10,12H,8-9,11H2,1H3,(H,22,28). The molecule has 1 N–H and O–H groups in total. The Balaban J connectivity index is 1.31. The van der Waals surface area contributed by atoms with Crippen molar-refractivity contribution < 1.29 is 9.59 Å². The van der Waals surface area contributed by atoms with Crippen molar-refractivity contribution in [3.63, 3.8) is 0 Å². The van der Waals surface area contributed by atoms with Crippen LogP contribution < -0.4 is 5.32 Å². The van der Waals surface area contributed by atoms with E-state index in [0.717, 1.165) is 26.5 Å². The number of ketones is 1. The number of hydrogen-bond acceptors (Lipinski definition) is 8. The van der Waals surface area contributed by atoms with Crippen LogP contribution in [0.4, 0.5) is 0 Å². The summed E-state index contributed by atoms with van der Waals surface area (Å²) < 4.78 is 1.68. The van der Waals surface area contributed by atoms with Crippen LogP contribution in [0.2, 0.25) is 0 Å². The number of hydrogen-bond donors (Lipinski definition) is 1. The number of pyridine rings is 1. The van der Waals surface area contributed by atoms with Crippen LogP contribution in [0, 0.1) is 0 Å². The van der Waals surface area contributed by atoms with Gasteiger partial charge in [-0.3, -0.25) is 19.3 Å². The molecule has 0 saturated heterocycles. The summed E-state index contributed by atoms with van der Waals surface area (Å²) in [6, 6.07) is 7.31. The predicted octanol–water partition coefficient (Wildman–Crippen LogP) is 2.65. The molecule has 0 bridgehead atoms. The molecular weight excluding hydrogens is 420 g/mol. The van der Waals surface area contributed by atoms with E-state index in [-0.39, 0.29) is 17.4 Å². The van der Waals surface area contributed by atoms with Gasteiger partial charge in [0.2, 0.25) is 5.91 Å². The van der Waals surface area contributed by atoms with Gasteiger partial charge in [0.25, 0.3) is 0 Å². The summed E-state index contributed by atoms with van der Waals surface area (Å²) in [5.74, 6) is 0.229. The number of Topliss-reactive ketones (excluding diaryl/α,β-unsaturated/α-hetero) is 1. The average molecular weight is 439 g/mol. The van der Waals surface area contributed by atoms with E-state index >= 15 is 0 Å². The van der Waals surface area contributed by atoms with Crippen molar-refractivity contribution in [3.05, 3.63) is 64.5 Å². The largest absolute Gasteiger partial charge is 0.351 e. The highest BCUT2D eigenvalue weighted by atomic mass is 32.2. The van der Waals surface area contributed by atoms with Gasteiger partial charge in [-0.05, 0) is 29.8 Å². The normalized spacial score (nSPS) is 11.0. The minimum atomic E-state index is -0.0673. The highest BCUT2D eigenvalue weighted by molar-refractivity contribution is 8.00. The molecule has 0 radical (unpaired) electrons. The van der Waals surface area contributed by atoms with Crippen molar-refractivity contribution in [2.75, 3.05) is 5.75 Å². The number of aryl methyl sites for hydroxylation is 1. The zero-order chi connectivity index (χ0) is 20.9. The van der Waals surface area contributed by atoms with Gasteiger partial charge < -0.3 is 5.32 Å². The van der Waals surface area contributed by atoms with Crippen LogP contribution >= 0.6 is 23.1 Å². The Labute approximate surface area is 180 Å². The second kappa shape index (κ2) is 9.14. The zero-order valence-corrected chi connectivity index (χ0v) is 17.7. The summed E-state index contributed by atoms with van der Waals surface area (Å²) >= 11 is 2.77. The van der Waals surface area contributed by atoms with E-state index in [1.807, 2.05) is 25.2 Å². The van der Waals surface area contributed by atoms with Crippen LogP contribution in [-0.4, -0.2) is 42.2 Å². The van der Waals surface area contributed by atoms with Crippen LogP contribution in [-0.2, 0) is 24.8 Å². The Hall–Kier alpha value is -3.11. The molecule has 0 saturated carbocycles. The maximum atomic E-state index is 12.6. The molecule has 1 amide bonds. The Kier molecular flexibility index (Phi) is 6.15. The summed E-state index contributed by atoms with van der Waals surface area (Å²) in [4.78, 5) is 38.7. The second-order valence-corrected chi connectivity index (χ2v) is 8.60. The molecule has 4 rings (SSSR count). The van der Waals surface area contributed by atoms with Gasteiger partial charge in [0.1, 0.15) is 11.4 Å². The van der Waals surface area contributed by atoms with Gasteiger partial charge in [-0.1, -0.05) is 11.8 Å². The van der Waals surface area contributed by atoms with Crippen molar-refractivity contribution in [2.45, 2.75) is 18.0 Å². The van der Waals surface area contributed by atoms with E-state index in [4.69, 9.17) is 0 Å². The van der Waals surface area contributed by atoms with E-state index in [9.17, 15) is 9.59 Å². The maximum absolute atomic E-state index is 12.6. The Morgan fingerprint density at radius 3 is 2.83 bits per heavy atom. The Morgan fingerprint density at radius 2 is 2.00 bits per heavy atom. The van der Waals surface area contributed by atoms with Crippen LogP contribution in [0.15, 0.2) is 54.2 Å². The van der Waals surface area contributed by atoms with Crippen molar-refractivity contribution >= 4 is 45.8 Å². The minimum Gasteiger partial charge on any atom is -0.351 e. The molecule has 4 heterocycles. The number of carbonyl (C=O) groups excluding carboxylic acids is 2. The van der Waals surface area contributed by atoms with E-state index in [2.05, 4.69) is 25.4 Å². The number of thioether (sulfide) groups is 1. The number of nitrogens with one attached hydrogen (secondary N) is 1. The van der Waals surface area contributed by atoms with E-state index in [0.29, 0.717) is 17.8 Å². The summed E-state index contributed by atoms with van der Waals surface area (Å²) in [6.45, 7) is 0.400. The first-order valence-corrected chi connectivity index (χ1v) is 10.9. The minimum absolute atomic E-state index is 0.0232. The maximum Gasteiger partial charge on any atom is 0.224 e. The fourth-order valence-corrected chi connectivity index (χ4v) is 4.64. The SMILES string of the molecule is Cn1ncc2c(SCC(=O)c3ccc(CNC(=O)Cc4ccncc4)s3)ncnc21. The van der Waals surface area contributed by atoms with Crippen LogP contribution in [0.3, 0.4) is 0 Å². The molecule has 0 aromatic carbocycles. The molecular formula is C20H18N6O2S2. The Bertz CT molecular complexity index is 1190. The van der Waals surface area contributed by atoms with Crippen LogP contribution in [0.25, 0.3) is 11.0 Å². The predicted molar refractivity (Wildman–Crippen MR) is 115 cm³/mol. The molecule has 0 aliphatic rings. The molecule has 0 fully saturated rings. The lowest BCUT2D eigenvalue weighted by atomic mass is 10.2. The number of thiophene rings is 1. The smallest absolute Gasteiger partial charge is 0.224 e. The van der Waals surface area contributed by atoms with Crippen molar-refractivity contribution in [1.82, 2.24) is 30.0 Å². The zero-order valence-electron chi connectivity index (χ0n) is 16.1. The van der Waals surface area contributed by atoms with Gasteiger partial charge in [0, 0.05) is 24.3 Å². The lowest BCUT2D eigenvalue weighted by molar-refractivity contribution is -0.120. The monoisotopic (exact) mass is 438 g/mol. The van der Waals surface area contributed by atoms with Crippen LogP contribution in [0.5, 0.6) is 0 Å². The molecule has 0 unspecified atom stereocenters. The first kappa shape index (κ1) is 20.2. The molecule has 30 heavy (non-hydrogen) atoms. The number of amides is 1. The summed E-state index contributed by atoms with van der Waals surface area (Å²) in [5, 5.41) is 8.65. The molecule has 4 aromatic heterocycles. The van der Waals surface area contributed by atoms with E-state index < -0.39 is 0 Å². The van der Waals surface area contributed by atoms with Gasteiger partial charge in [-0.15, -0.1) is 11.3 Å². The highest BCUT2D eigenvalue weighted by Crippen LogP contribution is 2.26. The summed E-state index contributed by atoms with van der Waals surface area (Å²) in [5.41, 5.74) is 1.65. The van der Waals surface area contributed by atoms with Crippen LogP contribution in [0.1, 0.15) is 20.1 Å². The van der Waals surface area contributed by atoms with Crippen molar-refractivity contribution in [1.29, 1.82) is 0 Å². The third kappa shape index (κ3) is 4.71. The number of nitrogens with zero attached hydrogens (tertiary/aromatic N) is 5. The quantitative estimate of drug-likeness (QED) is 0.256.